The van der Waals surface area contributed by atoms with Crippen molar-refractivity contribution in [3.8, 4) is 0 Å². The van der Waals surface area contributed by atoms with Gasteiger partial charge in [0, 0.05) is 35.9 Å². The highest BCUT2D eigenvalue weighted by atomic mass is 35.5. The standard InChI is InChI=1S/C16H16ClFN2/c17-13-5-4-12(15(18)8-13)9-20-7-6-11-2-1-3-16(19)14(11)10-20/h1-5,8H,6-7,9-10,19H2. The summed E-state index contributed by atoms with van der Waals surface area (Å²) in [5, 5.41) is 0.430. The number of fused-ring (bicyclic) bond motifs is 1. The summed E-state index contributed by atoms with van der Waals surface area (Å²) in [5.41, 5.74) is 10.0. The van der Waals surface area contributed by atoms with E-state index in [1.54, 1.807) is 12.1 Å². The van der Waals surface area contributed by atoms with Crippen LogP contribution < -0.4 is 5.73 Å². The minimum absolute atomic E-state index is 0.246. The number of benzene rings is 2. The molecule has 0 atom stereocenters. The number of hydrogen-bond acceptors (Lipinski definition) is 2. The topological polar surface area (TPSA) is 29.3 Å². The molecule has 0 fully saturated rings. The number of rotatable bonds is 2. The summed E-state index contributed by atoms with van der Waals surface area (Å²) >= 11 is 5.78. The third-order valence-corrected chi connectivity index (χ3v) is 4.03. The summed E-state index contributed by atoms with van der Waals surface area (Å²) < 4.78 is 13.8. The Morgan fingerprint density at radius 1 is 1.25 bits per heavy atom. The molecule has 0 amide bonds. The van der Waals surface area contributed by atoms with Crippen molar-refractivity contribution in [2.75, 3.05) is 12.3 Å². The Kier molecular flexibility index (Phi) is 3.64. The van der Waals surface area contributed by atoms with Crippen molar-refractivity contribution in [1.82, 2.24) is 4.90 Å². The Bertz CT molecular complexity index is 642. The molecule has 0 bridgehead atoms. The van der Waals surface area contributed by atoms with Gasteiger partial charge in [-0.25, -0.2) is 4.39 Å². The van der Waals surface area contributed by atoms with Crippen molar-refractivity contribution in [2.24, 2.45) is 0 Å². The number of halogens is 2. The van der Waals surface area contributed by atoms with Crippen molar-refractivity contribution in [1.29, 1.82) is 0 Å². The first-order chi connectivity index (χ1) is 9.63. The van der Waals surface area contributed by atoms with Crippen LogP contribution in [0.4, 0.5) is 10.1 Å². The van der Waals surface area contributed by atoms with Crippen LogP contribution in [0.1, 0.15) is 16.7 Å². The molecule has 4 heteroatoms. The van der Waals surface area contributed by atoms with Crippen LogP contribution in [-0.2, 0) is 19.5 Å². The van der Waals surface area contributed by atoms with E-state index in [9.17, 15) is 4.39 Å². The van der Waals surface area contributed by atoms with Crippen molar-refractivity contribution in [3.63, 3.8) is 0 Å². The van der Waals surface area contributed by atoms with Gasteiger partial charge >= 0.3 is 0 Å². The molecule has 0 radical (unpaired) electrons. The SMILES string of the molecule is Nc1cccc2c1CN(Cc1ccc(Cl)cc1F)CC2. The Morgan fingerprint density at radius 3 is 2.90 bits per heavy atom. The smallest absolute Gasteiger partial charge is 0.129 e. The van der Waals surface area contributed by atoms with Gasteiger partial charge in [0.15, 0.2) is 0 Å². The third-order valence-electron chi connectivity index (χ3n) is 3.80. The lowest BCUT2D eigenvalue weighted by atomic mass is 9.98. The number of nitrogens with two attached hydrogens (primary N) is 1. The molecular weight excluding hydrogens is 275 g/mol. The molecule has 3 rings (SSSR count). The van der Waals surface area contributed by atoms with Crippen LogP contribution in [0.3, 0.4) is 0 Å². The van der Waals surface area contributed by atoms with Crippen LogP contribution in [0.25, 0.3) is 0 Å². The van der Waals surface area contributed by atoms with Crippen molar-refractivity contribution < 1.29 is 4.39 Å². The number of nitrogens with zero attached hydrogens (tertiary/aromatic N) is 1. The largest absolute Gasteiger partial charge is 0.398 e. The summed E-state index contributed by atoms with van der Waals surface area (Å²) in [7, 11) is 0. The second-order valence-corrected chi connectivity index (χ2v) is 5.62. The van der Waals surface area contributed by atoms with E-state index in [4.69, 9.17) is 17.3 Å². The quantitative estimate of drug-likeness (QED) is 0.856. The molecule has 0 aliphatic carbocycles. The van der Waals surface area contributed by atoms with Crippen molar-refractivity contribution >= 4 is 17.3 Å². The van der Waals surface area contributed by atoms with Crippen LogP contribution in [0, 0.1) is 5.82 Å². The zero-order valence-corrected chi connectivity index (χ0v) is 11.8. The van der Waals surface area contributed by atoms with Crippen LogP contribution in [0.5, 0.6) is 0 Å². The summed E-state index contributed by atoms with van der Waals surface area (Å²) in [6.07, 6.45) is 0.954. The average Bonchev–Trinajstić information content (AvgIpc) is 2.43. The van der Waals surface area contributed by atoms with Crippen LogP contribution in [0.15, 0.2) is 36.4 Å². The van der Waals surface area contributed by atoms with Crippen LogP contribution in [0.2, 0.25) is 5.02 Å². The van der Waals surface area contributed by atoms with Crippen LogP contribution in [-0.4, -0.2) is 11.4 Å². The van der Waals surface area contributed by atoms with Gasteiger partial charge in [-0.15, -0.1) is 0 Å². The van der Waals surface area contributed by atoms with Gasteiger partial charge in [0.25, 0.3) is 0 Å². The van der Waals surface area contributed by atoms with Gasteiger partial charge < -0.3 is 5.73 Å². The van der Waals surface area contributed by atoms with E-state index in [1.165, 1.54) is 17.2 Å². The molecule has 0 aromatic heterocycles. The van der Waals surface area contributed by atoms with Crippen molar-refractivity contribution in [2.45, 2.75) is 19.5 Å². The minimum Gasteiger partial charge on any atom is -0.398 e. The highest BCUT2D eigenvalue weighted by Gasteiger charge is 2.19. The molecule has 2 aromatic carbocycles. The molecule has 104 valence electrons. The predicted molar refractivity (Wildman–Crippen MR) is 80.1 cm³/mol. The second-order valence-electron chi connectivity index (χ2n) is 5.18. The highest BCUT2D eigenvalue weighted by Crippen LogP contribution is 2.26. The maximum Gasteiger partial charge on any atom is 0.129 e. The Labute approximate surface area is 123 Å². The summed E-state index contributed by atoms with van der Waals surface area (Å²) in [6, 6.07) is 10.9. The summed E-state index contributed by atoms with van der Waals surface area (Å²) in [4.78, 5) is 2.21. The molecular formula is C16H16ClFN2. The third kappa shape index (κ3) is 2.65. The van der Waals surface area contributed by atoms with Gasteiger partial charge in [-0.05, 0) is 35.7 Å². The van der Waals surface area contributed by atoms with Crippen LogP contribution >= 0.6 is 11.6 Å². The Morgan fingerprint density at radius 2 is 2.10 bits per heavy atom. The van der Waals surface area contributed by atoms with Crippen molar-refractivity contribution in [3.05, 3.63) is 63.9 Å². The summed E-state index contributed by atoms with van der Waals surface area (Å²) in [6.45, 7) is 2.26. The Balaban J connectivity index is 1.79. The van der Waals surface area contributed by atoms with Gasteiger partial charge in [0.05, 0.1) is 0 Å². The first kappa shape index (κ1) is 13.4. The first-order valence-corrected chi connectivity index (χ1v) is 7.04. The van der Waals surface area contributed by atoms with E-state index in [-0.39, 0.29) is 5.82 Å². The van der Waals surface area contributed by atoms with Gasteiger partial charge in [-0.2, -0.15) is 0 Å². The molecule has 2 N–H and O–H groups in total. The molecule has 2 nitrogen and oxygen atoms in total. The Hall–Kier alpha value is -1.58. The van der Waals surface area contributed by atoms with E-state index in [1.807, 2.05) is 12.1 Å². The number of anilines is 1. The lowest BCUT2D eigenvalue weighted by Crippen LogP contribution is -2.30. The lowest BCUT2D eigenvalue weighted by Gasteiger charge is -2.29. The van der Waals surface area contributed by atoms with E-state index in [0.717, 1.165) is 25.2 Å². The number of nitrogen functional groups attached to an aromatic ring is 1. The molecule has 1 aliphatic rings. The molecule has 20 heavy (non-hydrogen) atoms. The first-order valence-electron chi connectivity index (χ1n) is 6.66. The maximum absolute atomic E-state index is 13.8. The normalized spacial score (nSPS) is 15.1. The fourth-order valence-electron chi connectivity index (χ4n) is 2.69. The van der Waals surface area contributed by atoms with E-state index in [0.29, 0.717) is 17.1 Å². The molecule has 0 unspecified atom stereocenters. The van der Waals surface area contributed by atoms with Gasteiger partial charge in [-0.3, -0.25) is 4.90 Å². The fraction of sp³-hybridized carbons (Fsp3) is 0.250. The average molecular weight is 291 g/mol. The van der Waals surface area contributed by atoms with Gasteiger partial charge in [0.2, 0.25) is 0 Å². The zero-order valence-electron chi connectivity index (χ0n) is 11.1. The number of hydrogen-bond donors (Lipinski definition) is 1. The monoisotopic (exact) mass is 290 g/mol. The maximum atomic E-state index is 13.8. The molecule has 0 saturated heterocycles. The summed E-state index contributed by atoms with van der Waals surface area (Å²) in [5.74, 6) is -0.246. The zero-order chi connectivity index (χ0) is 14.1. The van der Waals surface area contributed by atoms with Gasteiger partial charge in [-0.1, -0.05) is 29.8 Å². The molecule has 0 spiro atoms. The molecule has 0 saturated carbocycles. The van der Waals surface area contributed by atoms with E-state index >= 15 is 0 Å². The molecule has 1 heterocycles. The van der Waals surface area contributed by atoms with E-state index in [2.05, 4.69) is 11.0 Å². The highest BCUT2D eigenvalue weighted by molar-refractivity contribution is 6.30. The molecule has 2 aromatic rings. The van der Waals surface area contributed by atoms with Gasteiger partial charge in [0.1, 0.15) is 5.82 Å². The second kappa shape index (κ2) is 5.43. The fourth-order valence-corrected chi connectivity index (χ4v) is 2.85. The minimum atomic E-state index is -0.246. The molecule has 1 aliphatic heterocycles. The lowest BCUT2D eigenvalue weighted by molar-refractivity contribution is 0.243. The predicted octanol–water partition coefficient (Wildman–Crippen LogP) is 3.62. The van der Waals surface area contributed by atoms with E-state index < -0.39 is 0 Å².